The third-order valence-corrected chi connectivity index (χ3v) is 6.95. The highest BCUT2D eigenvalue weighted by Crippen LogP contribution is 2.33. The van der Waals surface area contributed by atoms with Gasteiger partial charge in [-0.2, -0.15) is 10.4 Å². The summed E-state index contributed by atoms with van der Waals surface area (Å²) in [5.41, 5.74) is 0.918. The molecule has 0 bridgehead atoms. The Morgan fingerprint density at radius 1 is 1.24 bits per heavy atom. The number of carboxylic acid groups (broad SMARTS) is 1. The van der Waals surface area contributed by atoms with Crippen LogP contribution >= 0.6 is 0 Å². The van der Waals surface area contributed by atoms with Gasteiger partial charge >= 0.3 is 6.09 Å². The smallest absolute Gasteiger partial charge is 0.407 e. The van der Waals surface area contributed by atoms with Gasteiger partial charge in [0.05, 0.1) is 58.6 Å². The summed E-state index contributed by atoms with van der Waals surface area (Å²) in [5.74, 6) is -0.770. The highest BCUT2D eigenvalue weighted by molar-refractivity contribution is 6.00. The number of aromatic nitrogens is 3. The predicted octanol–water partition coefficient (Wildman–Crippen LogP) is 3.54. The van der Waals surface area contributed by atoms with E-state index in [1.165, 1.54) is 26.2 Å². The van der Waals surface area contributed by atoms with E-state index in [1.54, 1.807) is 28.8 Å². The van der Waals surface area contributed by atoms with Crippen molar-refractivity contribution in [2.75, 3.05) is 25.0 Å². The van der Waals surface area contributed by atoms with Crippen LogP contribution in [0.4, 0.5) is 23.7 Å². The van der Waals surface area contributed by atoms with Crippen molar-refractivity contribution in [3.05, 3.63) is 47.8 Å². The number of rotatable bonds is 11. The van der Waals surface area contributed by atoms with Gasteiger partial charge in [0, 0.05) is 18.8 Å². The molecular weight excluding hydrogens is 543 g/mol. The first-order chi connectivity index (χ1) is 19.3. The fraction of sp³-hybridized carbons (Fsp3) is 0.444. The number of fused-ring (bicyclic) bond motifs is 1. The molecule has 0 saturated heterocycles. The average molecular weight is 574 g/mol. The van der Waals surface area contributed by atoms with Crippen LogP contribution in [0.1, 0.15) is 42.6 Å². The maximum Gasteiger partial charge on any atom is 0.407 e. The summed E-state index contributed by atoms with van der Waals surface area (Å²) in [6.07, 6.45) is -2.21. The molecule has 3 aromatic heterocycles. The van der Waals surface area contributed by atoms with Crippen molar-refractivity contribution >= 4 is 23.2 Å². The fourth-order valence-electron chi connectivity index (χ4n) is 4.61. The van der Waals surface area contributed by atoms with Crippen LogP contribution in [0.15, 0.2) is 36.7 Å². The first-order valence-corrected chi connectivity index (χ1v) is 12.9. The predicted molar refractivity (Wildman–Crippen MR) is 142 cm³/mol. The van der Waals surface area contributed by atoms with Gasteiger partial charge in [0.25, 0.3) is 12.3 Å². The van der Waals surface area contributed by atoms with Crippen molar-refractivity contribution in [2.45, 2.75) is 50.9 Å². The SMILES string of the molecule is CC(C)(O)C(F)CNC(=O)c1cnc(-c2ccc3cc(C#N)cnn23)cc1NC1CC(CN(CC(F)F)C(=O)O)C1. The molecule has 0 aliphatic heterocycles. The lowest BCUT2D eigenvalue weighted by atomic mass is 9.79. The molecule has 218 valence electrons. The lowest BCUT2D eigenvalue weighted by Crippen LogP contribution is -2.45. The number of hydrogen-bond donors (Lipinski definition) is 4. The van der Waals surface area contributed by atoms with Gasteiger partial charge in [-0.05, 0) is 56.9 Å². The molecule has 41 heavy (non-hydrogen) atoms. The van der Waals surface area contributed by atoms with Crippen molar-refractivity contribution in [2.24, 2.45) is 5.92 Å². The van der Waals surface area contributed by atoms with E-state index in [2.05, 4.69) is 20.7 Å². The number of carbonyl (C=O) groups excluding carboxylic acids is 1. The van der Waals surface area contributed by atoms with E-state index in [4.69, 9.17) is 5.26 Å². The van der Waals surface area contributed by atoms with E-state index in [9.17, 15) is 33.0 Å². The number of anilines is 1. The summed E-state index contributed by atoms with van der Waals surface area (Å²) >= 11 is 0. The first-order valence-electron chi connectivity index (χ1n) is 12.9. The first kappa shape index (κ1) is 29.6. The average Bonchev–Trinajstić information content (AvgIpc) is 3.31. The third-order valence-electron chi connectivity index (χ3n) is 6.95. The molecule has 11 nitrogen and oxygen atoms in total. The summed E-state index contributed by atoms with van der Waals surface area (Å²) in [6, 6.07) is 8.66. The van der Waals surface area contributed by atoms with E-state index in [1.807, 2.05) is 6.07 Å². The molecule has 1 atom stereocenters. The van der Waals surface area contributed by atoms with E-state index < -0.39 is 43.3 Å². The number of aliphatic hydroxyl groups is 1. The second kappa shape index (κ2) is 12.0. The molecule has 1 unspecified atom stereocenters. The molecule has 14 heteroatoms. The van der Waals surface area contributed by atoms with Gasteiger partial charge in [-0.15, -0.1) is 0 Å². The summed E-state index contributed by atoms with van der Waals surface area (Å²) in [4.78, 5) is 29.4. The van der Waals surface area contributed by atoms with Crippen LogP contribution in [0.3, 0.4) is 0 Å². The van der Waals surface area contributed by atoms with Crippen LogP contribution in [0.5, 0.6) is 0 Å². The number of carbonyl (C=O) groups is 2. The number of hydrogen-bond acceptors (Lipinski definition) is 7. The molecule has 0 aromatic carbocycles. The summed E-state index contributed by atoms with van der Waals surface area (Å²) in [6.45, 7) is 1.26. The minimum Gasteiger partial charge on any atom is -0.465 e. The van der Waals surface area contributed by atoms with Gasteiger partial charge in [-0.1, -0.05) is 0 Å². The van der Waals surface area contributed by atoms with Crippen molar-refractivity contribution < 1.29 is 33.0 Å². The van der Waals surface area contributed by atoms with Crippen molar-refractivity contribution in [3.63, 3.8) is 0 Å². The molecule has 1 fully saturated rings. The molecule has 1 aliphatic carbocycles. The number of alkyl halides is 3. The minimum atomic E-state index is -2.78. The molecule has 4 N–H and O–H groups in total. The largest absolute Gasteiger partial charge is 0.465 e. The van der Waals surface area contributed by atoms with Crippen molar-refractivity contribution in [3.8, 4) is 17.5 Å². The van der Waals surface area contributed by atoms with Crippen LogP contribution < -0.4 is 10.6 Å². The Kier molecular flexibility index (Phi) is 8.67. The lowest BCUT2D eigenvalue weighted by Gasteiger charge is -2.39. The molecule has 3 heterocycles. The Hall–Kier alpha value is -4.38. The maximum absolute atomic E-state index is 14.3. The van der Waals surface area contributed by atoms with E-state index in [-0.39, 0.29) is 24.1 Å². The summed E-state index contributed by atoms with van der Waals surface area (Å²) in [7, 11) is 0. The van der Waals surface area contributed by atoms with Crippen molar-refractivity contribution in [1.29, 1.82) is 5.26 Å². The number of amides is 2. The summed E-state index contributed by atoms with van der Waals surface area (Å²) < 4.78 is 41.4. The number of nitrogens with zero attached hydrogens (tertiary/aromatic N) is 5. The Bertz CT molecular complexity index is 1460. The van der Waals surface area contributed by atoms with Crippen LogP contribution in [-0.2, 0) is 0 Å². The zero-order chi connectivity index (χ0) is 29.9. The van der Waals surface area contributed by atoms with Crippen LogP contribution in [-0.4, -0.2) is 85.6 Å². The standard InChI is InChI=1S/C27H30F3N7O4/c1-27(2,41)23(28)12-33-25(38)19-11-32-21(22-4-3-18-7-16(9-31)10-34-37(18)22)8-20(19)35-17-5-15(6-17)13-36(26(39)40)14-24(29)30/h3-4,7-8,10-11,15,17,23-24,41H,5-6,12-14H2,1-2H3,(H,32,35)(H,33,38)(H,39,40). The number of pyridine rings is 1. The van der Waals surface area contributed by atoms with Gasteiger partial charge in [0.1, 0.15) is 12.2 Å². The highest BCUT2D eigenvalue weighted by Gasteiger charge is 2.34. The second-order valence-electron chi connectivity index (χ2n) is 10.6. The summed E-state index contributed by atoms with van der Waals surface area (Å²) in [5, 5.41) is 38.2. The van der Waals surface area contributed by atoms with Crippen LogP contribution in [0.2, 0.25) is 0 Å². The number of nitriles is 1. The fourth-order valence-corrected chi connectivity index (χ4v) is 4.61. The zero-order valence-electron chi connectivity index (χ0n) is 22.4. The quantitative estimate of drug-likeness (QED) is 0.271. The molecule has 1 saturated carbocycles. The number of nitrogens with one attached hydrogen (secondary N) is 2. The van der Waals surface area contributed by atoms with Crippen LogP contribution in [0, 0.1) is 17.2 Å². The van der Waals surface area contributed by atoms with Gasteiger partial charge in [-0.3, -0.25) is 9.78 Å². The molecular formula is C27H30F3N7O4. The van der Waals surface area contributed by atoms with Crippen molar-refractivity contribution in [1.82, 2.24) is 24.8 Å². The Balaban J connectivity index is 1.56. The highest BCUT2D eigenvalue weighted by atomic mass is 19.3. The monoisotopic (exact) mass is 573 g/mol. The molecule has 1 aliphatic rings. The van der Waals surface area contributed by atoms with Gasteiger partial charge in [0.15, 0.2) is 0 Å². The Labute approximate surface area is 233 Å². The second-order valence-corrected chi connectivity index (χ2v) is 10.6. The van der Waals surface area contributed by atoms with Crippen LogP contribution in [0.25, 0.3) is 16.9 Å². The molecule has 4 rings (SSSR count). The van der Waals surface area contributed by atoms with E-state index >= 15 is 0 Å². The van der Waals surface area contributed by atoms with E-state index in [0.717, 1.165) is 0 Å². The zero-order valence-corrected chi connectivity index (χ0v) is 22.4. The minimum absolute atomic E-state index is 0.0336. The molecule has 0 spiro atoms. The van der Waals surface area contributed by atoms with Gasteiger partial charge in [0.2, 0.25) is 0 Å². The lowest BCUT2D eigenvalue weighted by molar-refractivity contribution is -0.00178. The van der Waals surface area contributed by atoms with E-state index in [0.29, 0.717) is 45.9 Å². The number of halogens is 3. The Morgan fingerprint density at radius 2 is 1.98 bits per heavy atom. The maximum atomic E-state index is 14.3. The molecule has 2 amide bonds. The third kappa shape index (κ3) is 7.04. The molecule has 3 aromatic rings. The Morgan fingerprint density at radius 3 is 2.61 bits per heavy atom. The normalized spacial score (nSPS) is 17.5. The topological polar surface area (TPSA) is 156 Å². The van der Waals surface area contributed by atoms with Gasteiger partial charge < -0.3 is 25.7 Å². The van der Waals surface area contributed by atoms with Gasteiger partial charge in [-0.25, -0.2) is 22.5 Å². The molecule has 0 radical (unpaired) electrons.